The maximum atomic E-state index is 5.08. The standard InChI is InChI=1S/C33H43N5/c1-2-3-7-22-37(31-16-10-12-26-13-11-18-35-32(26)31)25-29-33-28(17-19-34-29)27-14-5-6-15-30(27)38(33)24-23-36-20-8-4-9-21-36/h5-6,11,13-15,17-19,31H,2-4,7-10,12,16,20-25H2,1H3/t31-/m0/s1. The molecule has 1 atom stereocenters. The Morgan fingerprint density at radius 1 is 0.868 bits per heavy atom. The van der Waals surface area contributed by atoms with Crippen molar-refractivity contribution in [1.29, 1.82) is 0 Å². The second-order valence-corrected chi connectivity index (χ2v) is 11.4. The number of para-hydroxylation sites is 1. The number of fused-ring (bicyclic) bond motifs is 4. The Balaban J connectivity index is 1.38. The summed E-state index contributed by atoms with van der Waals surface area (Å²) in [6.45, 7) is 8.88. The van der Waals surface area contributed by atoms with E-state index in [2.05, 4.69) is 63.8 Å². The summed E-state index contributed by atoms with van der Waals surface area (Å²) in [6.07, 6.45) is 15.4. The molecular formula is C33H43N5. The highest BCUT2D eigenvalue weighted by molar-refractivity contribution is 6.08. The molecule has 3 aromatic heterocycles. The van der Waals surface area contributed by atoms with Crippen LogP contribution in [0.2, 0.25) is 0 Å². The van der Waals surface area contributed by atoms with E-state index >= 15 is 0 Å². The summed E-state index contributed by atoms with van der Waals surface area (Å²) < 4.78 is 2.58. The van der Waals surface area contributed by atoms with E-state index < -0.39 is 0 Å². The maximum absolute atomic E-state index is 5.08. The number of nitrogens with zero attached hydrogens (tertiary/aromatic N) is 5. The lowest BCUT2D eigenvalue weighted by Gasteiger charge is -2.35. The monoisotopic (exact) mass is 509 g/mol. The Kier molecular flexibility index (Phi) is 8.03. The van der Waals surface area contributed by atoms with Gasteiger partial charge in [0.1, 0.15) is 0 Å². The lowest BCUT2D eigenvalue weighted by Crippen LogP contribution is -2.33. The zero-order valence-electron chi connectivity index (χ0n) is 23.1. The molecule has 200 valence electrons. The van der Waals surface area contributed by atoms with Crippen LogP contribution in [-0.2, 0) is 19.5 Å². The highest BCUT2D eigenvalue weighted by atomic mass is 15.2. The molecule has 1 saturated heterocycles. The van der Waals surface area contributed by atoms with Gasteiger partial charge in [0, 0.05) is 48.3 Å². The van der Waals surface area contributed by atoms with Crippen LogP contribution >= 0.6 is 0 Å². The van der Waals surface area contributed by atoms with E-state index in [-0.39, 0.29) is 0 Å². The van der Waals surface area contributed by atoms with Gasteiger partial charge in [-0.3, -0.25) is 14.9 Å². The highest BCUT2D eigenvalue weighted by Gasteiger charge is 2.28. The van der Waals surface area contributed by atoms with Crippen LogP contribution in [0.1, 0.15) is 81.3 Å². The fraction of sp³-hybridized carbons (Fsp3) is 0.515. The fourth-order valence-electron chi connectivity index (χ4n) is 6.89. The lowest BCUT2D eigenvalue weighted by atomic mass is 9.90. The molecule has 0 N–H and O–H groups in total. The van der Waals surface area contributed by atoms with Gasteiger partial charge in [0.2, 0.25) is 0 Å². The smallest absolute Gasteiger partial charge is 0.0787 e. The van der Waals surface area contributed by atoms with Crippen LogP contribution in [0.4, 0.5) is 0 Å². The van der Waals surface area contributed by atoms with E-state index in [9.17, 15) is 0 Å². The van der Waals surface area contributed by atoms with Crippen LogP contribution in [0.5, 0.6) is 0 Å². The quantitative estimate of drug-likeness (QED) is 0.213. The molecule has 4 heterocycles. The van der Waals surface area contributed by atoms with Gasteiger partial charge in [-0.05, 0) is 81.9 Å². The number of unbranched alkanes of at least 4 members (excludes halogenated alkanes) is 2. The molecule has 38 heavy (non-hydrogen) atoms. The summed E-state index contributed by atoms with van der Waals surface area (Å²) in [7, 11) is 0. The molecule has 0 amide bonds. The third-order valence-electron chi connectivity index (χ3n) is 8.85. The van der Waals surface area contributed by atoms with E-state index in [0.29, 0.717) is 6.04 Å². The first-order valence-corrected chi connectivity index (χ1v) is 15.1. The minimum absolute atomic E-state index is 0.375. The van der Waals surface area contributed by atoms with E-state index in [4.69, 9.17) is 9.97 Å². The minimum atomic E-state index is 0.375. The topological polar surface area (TPSA) is 37.2 Å². The number of piperidine rings is 1. The Bertz CT molecular complexity index is 1350. The normalized spacial score (nSPS) is 18.4. The molecule has 5 heteroatoms. The molecule has 5 nitrogen and oxygen atoms in total. The van der Waals surface area contributed by atoms with Crippen LogP contribution in [0.25, 0.3) is 21.8 Å². The molecule has 1 aromatic carbocycles. The second-order valence-electron chi connectivity index (χ2n) is 11.4. The average molecular weight is 510 g/mol. The minimum Gasteiger partial charge on any atom is -0.338 e. The van der Waals surface area contributed by atoms with Gasteiger partial charge in [0.05, 0.1) is 22.9 Å². The summed E-state index contributed by atoms with van der Waals surface area (Å²) >= 11 is 0. The number of hydrogen-bond acceptors (Lipinski definition) is 4. The van der Waals surface area contributed by atoms with Crippen LogP contribution in [0, 0.1) is 0 Å². The van der Waals surface area contributed by atoms with Crippen LogP contribution < -0.4 is 0 Å². The van der Waals surface area contributed by atoms with Gasteiger partial charge in [-0.15, -0.1) is 0 Å². The van der Waals surface area contributed by atoms with Crippen molar-refractivity contribution in [3.05, 3.63) is 71.8 Å². The van der Waals surface area contributed by atoms with Gasteiger partial charge in [0.25, 0.3) is 0 Å². The summed E-state index contributed by atoms with van der Waals surface area (Å²) in [5.41, 5.74) is 6.63. The zero-order chi connectivity index (χ0) is 25.7. The predicted octanol–water partition coefficient (Wildman–Crippen LogP) is 7.14. The molecule has 1 aliphatic carbocycles. The number of aryl methyl sites for hydroxylation is 1. The molecule has 0 bridgehead atoms. The van der Waals surface area contributed by atoms with E-state index in [0.717, 1.165) is 32.6 Å². The molecule has 0 unspecified atom stereocenters. The number of benzene rings is 1. The Labute approximate surface area is 227 Å². The Hall–Kier alpha value is -2.76. The molecular weight excluding hydrogens is 466 g/mol. The van der Waals surface area contributed by atoms with Crippen molar-refractivity contribution in [3.63, 3.8) is 0 Å². The van der Waals surface area contributed by atoms with Gasteiger partial charge in [0.15, 0.2) is 0 Å². The summed E-state index contributed by atoms with van der Waals surface area (Å²) in [5.74, 6) is 0. The number of aromatic nitrogens is 3. The largest absolute Gasteiger partial charge is 0.338 e. The molecule has 1 fully saturated rings. The Morgan fingerprint density at radius 2 is 1.76 bits per heavy atom. The number of likely N-dealkylation sites (tertiary alicyclic amines) is 1. The zero-order valence-corrected chi connectivity index (χ0v) is 23.1. The van der Waals surface area contributed by atoms with Crippen LogP contribution in [0.3, 0.4) is 0 Å². The molecule has 4 aromatic rings. The number of hydrogen-bond donors (Lipinski definition) is 0. The van der Waals surface area contributed by atoms with E-state index in [1.165, 1.54) is 103 Å². The predicted molar refractivity (Wildman–Crippen MR) is 157 cm³/mol. The van der Waals surface area contributed by atoms with Crippen molar-refractivity contribution in [3.8, 4) is 0 Å². The SMILES string of the molecule is CCCCCN(Cc1nccc2c3ccccc3n(CCN3CCCCC3)c12)[C@H]1CCCc2cccnc21. The fourth-order valence-corrected chi connectivity index (χ4v) is 6.89. The van der Waals surface area contributed by atoms with Crippen LogP contribution in [0.15, 0.2) is 54.9 Å². The Morgan fingerprint density at radius 3 is 2.66 bits per heavy atom. The van der Waals surface area contributed by atoms with Crippen molar-refractivity contribution in [2.45, 2.75) is 83.8 Å². The van der Waals surface area contributed by atoms with Crippen molar-refractivity contribution in [1.82, 2.24) is 24.3 Å². The number of pyridine rings is 2. The third-order valence-corrected chi connectivity index (χ3v) is 8.85. The molecule has 0 spiro atoms. The molecule has 6 rings (SSSR count). The summed E-state index contributed by atoms with van der Waals surface area (Å²) in [5, 5.41) is 2.70. The van der Waals surface area contributed by atoms with Crippen molar-refractivity contribution in [2.75, 3.05) is 26.2 Å². The van der Waals surface area contributed by atoms with Gasteiger partial charge >= 0.3 is 0 Å². The average Bonchev–Trinajstić information content (AvgIpc) is 3.30. The molecule has 0 saturated carbocycles. The molecule has 1 aliphatic heterocycles. The second kappa shape index (κ2) is 12.0. The van der Waals surface area contributed by atoms with Crippen molar-refractivity contribution >= 4 is 21.8 Å². The third kappa shape index (κ3) is 5.23. The van der Waals surface area contributed by atoms with Gasteiger partial charge in [-0.2, -0.15) is 0 Å². The van der Waals surface area contributed by atoms with Gasteiger partial charge in [-0.25, -0.2) is 0 Å². The first-order chi connectivity index (χ1) is 18.8. The van der Waals surface area contributed by atoms with Gasteiger partial charge in [-0.1, -0.05) is 50.5 Å². The summed E-state index contributed by atoms with van der Waals surface area (Å²) in [6, 6.07) is 16.0. The van der Waals surface area contributed by atoms with Gasteiger partial charge < -0.3 is 9.47 Å². The highest BCUT2D eigenvalue weighted by Crippen LogP contribution is 2.36. The van der Waals surface area contributed by atoms with Crippen LogP contribution in [-0.4, -0.2) is 50.5 Å². The first kappa shape index (κ1) is 25.5. The molecule has 0 radical (unpaired) electrons. The lowest BCUT2D eigenvalue weighted by molar-refractivity contribution is 0.161. The van der Waals surface area contributed by atoms with Crippen molar-refractivity contribution < 1.29 is 0 Å². The van der Waals surface area contributed by atoms with Crippen molar-refractivity contribution in [2.24, 2.45) is 0 Å². The summed E-state index contributed by atoms with van der Waals surface area (Å²) in [4.78, 5) is 15.4. The molecule has 2 aliphatic rings. The maximum Gasteiger partial charge on any atom is 0.0787 e. The van der Waals surface area contributed by atoms with E-state index in [1.54, 1.807) is 0 Å². The van der Waals surface area contributed by atoms with E-state index in [1.807, 2.05) is 12.4 Å². The number of rotatable bonds is 10. The first-order valence-electron chi connectivity index (χ1n) is 15.1.